The van der Waals surface area contributed by atoms with Gasteiger partial charge < -0.3 is 5.32 Å². The van der Waals surface area contributed by atoms with Crippen molar-refractivity contribution in [3.8, 4) is 0 Å². The van der Waals surface area contributed by atoms with Crippen LogP contribution in [0.5, 0.6) is 0 Å². The molecule has 0 spiro atoms. The Labute approximate surface area is 72.5 Å². The van der Waals surface area contributed by atoms with E-state index in [2.05, 4.69) is 5.32 Å². The van der Waals surface area contributed by atoms with Crippen LogP contribution in [0, 0.1) is 5.92 Å². The summed E-state index contributed by atoms with van der Waals surface area (Å²) in [5.74, 6) is -0.642. The first-order valence-electron chi connectivity index (χ1n) is 4.44. The van der Waals surface area contributed by atoms with E-state index in [1.165, 1.54) is 0 Å². The zero-order valence-corrected chi connectivity index (χ0v) is 7.59. The number of nitrogens with one attached hydrogen (secondary N) is 1. The summed E-state index contributed by atoms with van der Waals surface area (Å²) in [7, 11) is 0. The lowest BCUT2D eigenvalue weighted by molar-refractivity contribution is -0.139. The van der Waals surface area contributed by atoms with Gasteiger partial charge in [0.05, 0.1) is 6.04 Å². The minimum atomic E-state index is -0.241. The van der Waals surface area contributed by atoms with E-state index in [-0.39, 0.29) is 23.5 Å². The Balaban J connectivity index is 2.51. The minimum Gasteiger partial charge on any atom is -0.307 e. The molecule has 0 aromatic carbocycles. The second-order valence-electron chi connectivity index (χ2n) is 3.53. The summed E-state index contributed by atoms with van der Waals surface area (Å²) in [5.41, 5.74) is 0. The molecule has 1 aliphatic heterocycles. The van der Waals surface area contributed by atoms with Gasteiger partial charge in [0.1, 0.15) is 0 Å². The number of hydrogen-bond donors (Lipinski definition) is 1. The van der Waals surface area contributed by atoms with Gasteiger partial charge in [-0.3, -0.25) is 9.59 Å². The van der Waals surface area contributed by atoms with E-state index < -0.39 is 0 Å². The Morgan fingerprint density at radius 1 is 1.42 bits per heavy atom. The van der Waals surface area contributed by atoms with Crippen molar-refractivity contribution < 1.29 is 9.59 Å². The number of Topliss-reactive ketones (excluding diaryl/α,β-unsaturated/α-hetero) is 2. The highest BCUT2D eigenvalue weighted by molar-refractivity contribution is 6.39. The van der Waals surface area contributed by atoms with Gasteiger partial charge >= 0.3 is 0 Å². The zero-order valence-electron chi connectivity index (χ0n) is 7.59. The van der Waals surface area contributed by atoms with Crippen molar-refractivity contribution in [2.24, 2.45) is 5.92 Å². The van der Waals surface area contributed by atoms with Crippen LogP contribution in [-0.2, 0) is 9.59 Å². The lowest BCUT2D eigenvalue weighted by atomic mass is 9.99. The van der Waals surface area contributed by atoms with Gasteiger partial charge in [-0.1, -0.05) is 13.8 Å². The summed E-state index contributed by atoms with van der Waals surface area (Å²) < 4.78 is 0. The molecule has 1 aliphatic rings. The normalized spacial score (nSPS) is 23.1. The highest BCUT2D eigenvalue weighted by Gasteiger charge is 2.28. The molecule has 0 aliphatic carbocycles. The fourth-order valence-electron chi connectivity index (χ4n) is 1.36. The predicted molar refractivity (Wildman–Crippen MR) is 45.9 cm³/mol. The molecule has 1 atom stereocenters. The van der Waals surface area contributed by atoms with Crippen LogP contribution in [-0.4, -0.2) is 24.2 Å². The van der Waals surface area contributed by atoms with Crippen molar-refractivity contribution in [2.45, 2.75) is 32.7 Å². The number of ketones is 2. The smallest absolute Gasteiger partial charge is 0.215 e. The number of carbonyl (C=O) groups is 2. The molecule has 68 valence electrons. The van der Waals surface area contributed by atoms with E-state index in [1.54, 1.807) is 13.8 Å². The zero-order chi connectivity index (χ0) is 9.14. The summed E-state index contributed by atoms with van der Waals surface area (Å²) in [6, 6.07) is -0.195. The molecule has 0 bridgehead atoms. The van der Waals surface area contributed by atoms with Crippen LogP contribution in [0.4, 0.5) is 0 Å². The van der Waals surface area contributed by atoms with Crippen LogP contribution in [0.2, 0.25) is 0 Å². The average molecular weight is 169 g/mol. The Hall–Kier alpha value is -0.700. The summed E-state index contributed by atoms with van der Waals surface area (Å²) in [5, 5.41) is 3.02. The number of carbonyl (C=O) groups excluding carboxylic acids is 2. The van der Waals surface area contributed by atoms with Crippen LogP contribution in [0.15, 0.2) is 0 Å². The highest BCUT2D eigenvalue weighted by atomic mass is 16.2. The Bertz CT molecular complexity index is 193. The largest absolute Gasteiger partial charge is 0.307 e. The molecule has 12 heavy (non-hydrogen) atoms. The molecule has 1 rings (SSSR count). The lowest BCUT2D eigenvalue weighted by Gasteiger charge is -2.08. The van der Waals surface area contributed by atoms with Crippen molar-refractivity contribution >= 4 is 11.6 Å². The summed E-state index contributed by atoms with van der Waals surface area (Å²) in [4.78, 5) is 22.6. The molecule has 1 N–H and O–H groups in total. The van der Waals surface area contributed by atoms with E-state index in [9.17, 15) is 9.59 Å². The SMILES string of the molecule is CC(C)C(=O)C(=O)C1CCCN1. The van der Waals surface area contributed by atoms with E-state index in [0.29, 0.717) is 0 Å². The lowest BCUT2D eigenvalue weighted by Crippen LogP contribution is -2.37. The molecule has 3 heteroatoms. The topological polar surface area (TPSA) is 46.2 Å². The van der Waals surface area contributed by atoms with Gasteiger partial charge in [-0.25, -0.2) is 0 Å². The number of rotatable bonds is 3. The number of hydrogen-bond acceptors (Lipinski definition) is 3. The monoisotopic (exact) mass is 169 g/mol. The van der Waals surface area contributed by atoms with Gasteiger partial charge in [-0.05, 0) is 19.4 Å². The van der Waals surface area contributed by atoms with Crippen molar-refractivity contribution in [3.63, 3.8) is 0 Å². The third-order valence-electron chi connectivity index (χ3n) is 2.14. The summed E-state index contributed by atoms with van der Waals surface area (Å²) in [6.45, 7) is 4.38. The van der Waals surface area contributed by atoms with Crippen LogP contribution >= 0.6 is 0 Å². The first-order chi connectivity index (χ1) is 5.63. The van der Waals surface area contributed by atoms with Crippen LogP contribution in [0.1, 0.15) is 26.7 Å². The van der Waals surface area contributed by atoms with Gasteiger partial charge in [0, 0.05) is 5.92 Å². The van der Waals surface area contributed by atoms with Gasteiger partial charge in [-0.15, -0.1) is 0 Å². The average Bonchev–Trinajstić information content (AvgIpc) is 2.53. The quantitative estimate of drug-likeness (QED) is 0.627. The maximum Gasteiger partial charge on any atom is 0.215 e. The highest BCUT2D eigenvalue weighted by Crippen LogP contribution is 2.08. The summed E-state index contributed by atoms with van der Waals surface area (Å²) >= 11 is 0. The second-order valence-corrected chi connectivity index (χ2v) is 3.53. The molecule has 1 saturated heterocycles. The maximum absolute atomic E-state index is 11.4. The predicted octanol–water partition coefficient (Wildman–Crippen LogP) is 0.533. The van der Waals surface area contributed by atoms with Crippen LogP contribution in [0.3, 0.4) is 0 Å². The van der Waals surface area contributed by atoms with Gasteiger partial charge in [0.25, 0.3) is 0 Å². The fourth-order valence-corrected chi connectivity index (χ4v) is 1.36. The molecule has 1 heterocycles. The molecule has 0 aromatic rings. The third kappa shape index (κ3) is 1.91. The molecule has 0 radical (unpaired) electrons. The molecular weight excluding hydrogens is 154 g/mol. The van der Waals surface area contributed by atoms with Gasteiger partial charge in [0.15, 0.2) is 0 Å². The first kappa shape index (κ1) is 9.39. The van der Waals surface area contributed by atoms with Crippen molar-refractivity contribution in [1.82, 2.24) is 5.32 Å². The Kier molecular flexibility index (Phi) is 2.98. The Morgan fingerprint density at radius 3 is 2.50 bits per heavy atom. The second kappa shape index (κ2) is 3.81. The summed E-state index contributed by atoms with van der Waals surface area (Å²) in [6.07, 6.45) is 1.82. The molecular formula is C9H15NO2. The minimum absolute atomic E-state index is 0.167. The van der Waals surface area contributed by atoms with Gasteiger partial charge in [0.2, 0.25) is 11.6 Å². The standard InChI is InChI=1S/C9H15NO2/c1-6(2)8(11)9(12)7-4-3-5-10-7/h6-7,10H,3-5H2,1-2H3. The van der Waals surface area contributed by atoms with E-state index >= 15 is 0 Å². The Morgan fingerprint density at radius 2 is 2.08 bits per heavy atom. The third-order valence-corrected chi connectivity index (χ3v) is 2.14. The maximum atomic E-state index is 11.4. The van der Waals surface area contributed by atoms with Crippen molar-refractivity contribution in [1.29, 1.82) is 0 Å². The molecule has 1 unspecified atom stereocenters. The van der Waals surface area contributed by atoms with Crippen molar-refractivity contribution in [2.75, 3.05) is 6.54 Å². The first-order valence-corrected chi connectivity index (χ1v) is 4.44. The van der Waals surface area contributed by atoms with E-state index in [1.807, 2.05) is 0 Å². The molecule has 0 aromatic heterocycles. The van der Waals surface area contributed by atoms with Gasteiger partial charge in [-0.2, -0.15) is 0 Å². The van der Waals surface area contributed by atoms with E-state index in [4.69, 9.17) is 0 Å². The van der Waals surface area contributed by atoms with Crippen LogP contribution in [0.25, 0.3) is 0 Å². The van der Waals surface area contributed by atoms with Crippen molar-refractivity contribution in [3.05, 3.63) is 0 Å². The van der Waals surface area contributed by atoms with Crippen LogP contribution < -0.4 is 5.32 Å². The molecule has 3 nitrogen and oxygen atoms in total. The van der Waals surface area contributed by atoms with E-state index in [0.717, 1.165) is 19.4 Å². The fraction of sp³-hybridized carbons (Fsp3) is 0.778. The molecule has 0 saturated carbocycles. The molecule has 0 amide bonds. The molecule has 1 fully saturated rings.